The molecule has 0 spiro atoms. The van der Waals surface area contributed by atoms with Gasteiger partial charge in [0.15, 0.2) is 0 Å². The van der Waals surface area contributed by atoms with E-state index in [2.05, 4.69) is 20.5 Å². The first-order valence-electron chi connectivity index (χ1n) is 21.3. The Balaban J connectivity index is 0.000000316. The van der Waals surface area contributed by atoms with Crippen LogP contribution in [0.2, 0.25) is 0 Å². The summed E-state index contributed by atoms with van der Waals surface area (Å²) < 4.78 is 22.2. The second kappa shape index (κ2) is 27.3. The van der Waals surface area contributed by atoms with E-state index in [9.17, 15) is 9.59 Å². The molecule has 0 radical (unpaired) electrons. The number of carbonyl (C=O) groups is 2. The monoisotopic (exact) mass is 806 g/mol. The molecule has 0 heterocycles. The van der Waals surface area contributed by atoms with E-state index in [4.69, 9.17) is 18.9 Å². The second-order valence-electron chi connectivity index (χ2n) is 15.4. The van der Waals surface area contributed by atoms with E-state index in [1.54, 1.807) is 0 Å². The highest BCUT2D eigenvalue weighted by molar-refractivity contribution is 5.75. The SMILES string of the molecule is CCC(C)(C)C(=O)OCCCCCCOc1ccc(N=Nc2ccc(C)cc2)cc1.CCC(C)C(=O)OCCCCCCOc1ccc(N=Nc2ccccc2C)cc1. The van der Waals surface area contributed by atoms with Gasteiger partial charge in [0.05, 0.1) is 60.5 Å². The molecule has 0 amide bonds. The number of carbonyl (C=O) groups excluding carboxylic acids is 2. The number of hydrogen-bond acceptors (Lipinski definition) is 10. The van der Waals surface area contributed by atoms with Crippen molar-refractivity contribution in [3.05, 3.63) is 108 Å². The number of nitrogens with zero attached hydrogens (tertiary/aromatic N) is 4. The summed E-state index contributed by atoms with van der Waals surface area (Å²) in [7, 11) is 0. The van der Waals surface area contributed by atoms with E-state index >= 15 is 0 Å². The summed E-state index contributed by atoms with van der Waals surface area (Å²) >= 11 is 0. The maximum absolute atomic E-state index is 11.9. The number of aryl methyl sites for hydroxylation is 2. The van der Waals surface area contributed by atoms with Crippen LogP contribution in [0.4, 0.5) is 22.7 Å². The Bertz CT molecular complexity index is 1840. The molecule has 10 nitrogen and oxygen atoms in total. The summed E-state index contributed by atoms with van der Waals surface area (Å²) in [5.74, 6) is 1.48. The number of azo groups is 2. The van der Waals surface area contributed by atoms with Gasteiger partial charge in [0, 0.05) is 0 Å². The molecule has 59 heavy (non-hydrogen) atoms. The third-order valence-electron chi connectivity index (χ3n) is 9.92. The molecule has 0 aromatic heterocycles. The lowest BCUT2D eigenvalue weighted by Crippen LogP contribution is -2.26. The number of unbranched alkanes of at least 4 members (excludes halogenated alkanes) is 6. The minimum atomic E-state index is -0.383. The summed E-state index contributed by atoms with van der Waals surface area (Å²) in [6.07, 6.45) is 9.55. The molecule has 10 heteroatoms. The van der Waals surface area contributed by atoms with Crippen LogP contribution in [0.15, 0.2) is 118 Å². The maximum atomic E-state index is 11.9. The number of esters is 2. The third kappa shape index (κ3) is 19.8. The first-order valence-corrected chi connectivity index (χ1v) is 21.3. The van der Waals surface area contributed by atoms with Gasteiger partial charge in [0.25, 0.3) is 0 Å². The molecule has 4 rings (SSSR count). The summed E-state index contributed by atoms with van der Waals surface area (Å²) in [5, 5.41) is 17.1. The van der Waals surface area contributed by atoms with Gasteiger partial charge in [-0.2, -0.15) is 20.5 Å². The van der Waals surface area contributed by atoms with E-state index < -0.39 is 0 Å². The topological polar surface area (TPSA) is 120 Å². The zero-order chi connectivity index (χ0) is 42.7. The van der Waals surface area contributed by atoms with Crippen LogP contribution < -0.4 is 9.47 Å². The van der Waals surface area contributed by atoms with Crippen molar-refractivity contribution in [1.29, 1.82) is 0 Å². The molecular formula is C49H66N4O6. The summed E-state index contributed by atoms with van der Waals surface area (Å²) in [4.78, 5) is 23.4. The largest absolute Gasteiger partial charge is 0.494 e. The van der Waals surface area contributed by atoms with Gasteiger partial charge in [-0.3, -0.25) is 9.59 Å². The quantitative estimate of drug-likeness (QED) is 0.0395. The highest BCUT2D eigenvalue weighted by Crippen LogP contribution is 2.25. The molecule has 0 aliphatic heterocycles. The second-order valence-corrected chi connectivity index (χ2v) is 15.4. The fourth-order valence-electron chi connectivity index (χ4n) is 5.21. The van der Waals surface area contributed by atoms with Gasteiger partial charge in [-0.05, 0) is 164 Å². The Morgan fingerprint density at radius 3 is 1.47 bits per heavy atom. The fraction of sp³-hybridized carbons (Fsp3) is 0.469. The van der Waals surface area contributed by atoms with Crippen molar-refractivity contribution in [1.82, 2.24) is 0 Å². The van der Waals surface area contributed by atoms with Crippen molar-refractivity contribution in [2.24, 2.45) is 31.8 Å². The zero-order valence-electron chi connectivity index (χ0n) is 36.5. The van der Waals surface area contributed by atoms with Gasteiger partial charge < -0.3 is 18.9 Å². The van der Waals surface area contributed by atoms with Gasteiger partial charge in [-0.15, -0.1) is 0 Å². The lowest BCUT2D eigenvalue weighted by Gasteiger charge is -2.20. The van der Waals surface area contributed by atoms with Crippen LogP contribution in [-0.2, 0) is 19.1 Å². The minimum absolute atomic E-state index is 0.00119. The van der Waals surface area contributed by atoms with Gasteiger partial charge >= 0.3 is 11.9 Å². The van der Waals surface area contributed by atoms with Crippen molar-refractivity contribution in [2.45, 2.75) is 113 Å². The standard InChI is InChI=1S/C25H34N2O3.C24H32N2O3/c1-5-25(3,4)24(28)30-19-9-7-6-8-18-29-23-16-14-22(15-17-23)27-26-21-12-10-20(2)11-13-21;1-4-19(2)24(27)29-18-10-6-5-9-17-28-22-15-13-21(14-16-22)25-26-23-12-8-7-11-20(23)3/h10-17H,5-9,18-19H2,1-4H3;7-8,11-16,19H,4-6,9-10,17-18H2,1-3H3. The van der Waals surface area contributed by atoms with Crippen molar-refractivity contribution in [3.63, 3.8) is 0 Å². The van der Waals surface area contributed by atoms with Crippen LogP contribution >= 0.6 is 0 Å². The van der Waals surface area contributed by atoms with Gasteiger partial charge in [-0.25, -0.2) is 0 Å². The molecule has 0 fully saturated rings. The lowest BCUT2D eigenvalue weighted by atomic mass is 9.91. The molecule has 4 aromatic carbocycles. The van der Waals surface area contributed by atoms with Gasteiger partial charge in [0.1, 0.15) is 11.5 Å². The number of ether oxygens (including phenoxy) is 4. The Hall–Kier alpha value is -5.38. The maximum Gasteiger partial charge on any atom is 0.311 e. The number of benzene rings is 4. The Morgan fingerprint density at radius 1 is 0.559 bits per heavy atom. The highest BCUT2D eigenvalue weighted by atomic mass is 16.5. The Morgan fingerprint density at radius 2 is 1.00 bits per heavy atom. The van der Waals surface area contributed by atoms with Crippen molar-refractivity contribution in [2.75, 3.05) is 26.4 Å². The summed E-state index contributed by atoms with van der Waals surface area (Å²) in [6.45, 7) is 16.2. The Kier molecular flexibility index (Phi) is 22.2. The molecule has 0 aliphatic carbocycles. The van der Waals surface area contributed by atoms with E-state index in [0.29, 0.717) is 26.4 Å². The van der Waals surface area contributed by atoms with E-state index in [0.717, 1.165) is 104 Å². The molecule has 318 valence electrons. The van der Waals surface area contributed by atoms with Crippen LogP contribution in [0.1, 0.15) is 110 Å². The van der Waals surface area contributed by atoms with Crippen molar-refractivity contribution >= 4 is 34.7 Å². The lowest BCUT2D eigenvalue weighted by molar-refractivity contribution is -0.154. The average Bonchev–Trinajstić information content (AvgIpc) is 3.25. The van der Waals surface area contributed by atoms with Crippen molar-refractivity contribution in [3.8, 4) is 11.5 Å². The van der Waals surface area contributed by atoms with Crippen molar-refractivity contribution < 1.29 is 28.5 Å². The summed E-state index contributed by atoms with van der Waals surface area (Å²) in [6, 6.07) is 31.1. The molecule has 4 aromatic rings. The van der Waals surface area contributed by atoms with Gasteiger partial charge in [-0.1, -0.05) is 56.7 Å². The molecule has 0 N–H and O–H groups in total. The first kappa shape index (κ1) is 48.0. The molecular weight excluding hydrogens is 741 g/mol. The average molecular weight is 807 g/mol. The Labute approximate surface area is 352 Å². The number of hydrogen-bond donors (Lipinski definition) is 0. The highest BCUT2D eigenvalue weighted by Gasteiger charge is 2.26. The molecule has 0 bridgehead atoms. The van der Waals surface area contributed by atoms with Crippen LogP contribution in [0.3, 0.4) is 0 Å². The molecule has 0 aliphatic rings. The zero-order valence-corrected chi connectivity index (χ0v) is 36.5. The summed E-state index contributed by atoms with van der Waals surface area (Å²) in [5.41, 5.74) is 5.23. The normalized spacial score (nSPS) is 11.8. The molecule has 0 saturated heterocycles. The van der Waals surface area contributed by atoms with Crippen LogP contribution in [0.25, 0.3) is 0 Å². The minimum Gasteiger partial charge on any atom is -0.494 e. The van der Waals surface area contributed by atoms with E-state index in [-0.39, 0.29) is 23.3 Å². The van der Waals surface area contributed by atoms with E-state index in [1.165, 1.54) is 5.56 Å². The third-order valence-corrected chi connectivity index (χ3v) is 9.92. The van der Waals surface area contributed by atoms with Gasteiger partial charge in [0.2, 0.25) is 0 Å². The molecule has 1 unspecified atom stereocenters. The predicted molar refractivity (Wildman–Crippen MR) is 237 cm³/mol. The smallest absolute Gasteiger partial charge is 0.311 e. The van der Waals surface area contributed by atoms with Crippen LogP contribution in [0.5, 0.6) is 11.5 Å². The van der Waals surface area contributed by atoms with Crippen LogP contribution in [-0.4, -0.2) is 38.4 Å². The predicted octanol–water partition coefficient (Wildman–Crippen LogP) is 14.3. The number of rotatable bonds is 24. The first-order chi connectivity index (χ1) is 28.5. The van der Waals surface area contributed by atoms with Crippen LogP contribution in [0, 0.1) is 25.2 Å². The fourth-order valence-corrected chi connectivity index (χ4v) is 5.21. The molecule has 0 saturated carbocycles. The molecule has 1 atom stereocenters. The van der Waals surface area contributed by atoms with E-state index in [1.807, 2.05) is 146 Å².